The van der Waals surface area contributed by atoms with Crippen molar-refractivity contribution in [1.82, 2.24) is 0 Å². The molecule has 1 nitrogen and oxygen atoms in total. The van der Waals surface area contributed by atoms with Gasteiger partial charge in [0.15, 0.2) is 0 Å². The van der Waals surface area contributed by atoms with Crippen LogP contribution in [0.5, 0.6) is 0 Å². The molecule has 1 N–H and O–H groups in total. The summed E-state index contributed by atoms with van der Waals surface area (Å²) in [7, 11) is 0. The lowest BCUT2D eigenvalue weighted by Crippen LogP contribution is -2.19. The van der Waals surface area contributed by atoms with Crippen LogP contribution in [0.25, 0.3) is 0 Å². The summed E-state index contributed by atoms with van der Waals surface area (Å²) in [5.41, 5.74) is 0.700. The normalized spacial score (nSPS) is 33.4. The van der Waals surface area contributed by atoms with Crippen LogP contribution in [-0.4, -0.2) is 11.2 Å². The Hall–Kier alpha value is -0.0400. The van der Waals surface area contributed by atoms with Crippen LogP contribution in [0.15, 0.2) is 0 Å². The maximum atomic E-state index is 10.1. The number of rotatable bonds is 1. The van der Waals surface area contributed by atoms with Gasteiger partial charge in [-0.25, -0.2) is 0 Å². The van der Waals surface area contributed by atoms with Gasteiger partial charge in [0.2, 0.25) is 0 Å². The van der Waals surface area contributed by atoms with Crippen molar-refractivity contribution in [3.63, 3.8) is 0 Å². The smallest absolute Gasteiger partial charge is 0.0571 e. The highest BCUT2D eigenvalue weighted by atomic mass is 16.3. The van der Waals surface area contributed by atoms with Crippen LogP contribution < -0.4 is 0 Å². The van der Waals surface area contributed by atoms with Crippen molar-refractivity contribution in [3.05, 3.63) is 0 Å². The molecule has 0 spiro atoms. The number of hydrogen-bond donors (Lipinski definition) is 1. The molecule has 0 aromatic heterocycles. The van der Waals surface area contributed by atoms with E-state index in [9.17, 15) is 5.11 Å². The molecule has 1 saturated carbocycles. The monoisotopic (exact) mass is 212 g/mol. The molecule has 0 saturated heterocycles. The second-order valence-corrected chi connectivity index (χ2v) is 7.63. The van der Waals surface area contributed by atoms with Crippen molar-refractivity contribution >= 4 is 0 Å². The van der Waals surface area contributed by atoms with Gasteiger partial charge >= 0.3 is 0 Å². The third-order valence-corrected chi connectivity index (χ3v) is 3.76. The maximum absolute atomic E-state index is 10.1. The fourth-order valence-corrected chi connectivity index (χ4v) is 2.82. The SMILES string of the molecule is CC(C)(C)C[C@@H]1CC(C(C)(C)C)C[C@H]1O. The van der Waals surface area contributed by atoms with Crippen molar-refractivity contribution in [2.75, 3.05) is 0 Å². The van der Waals surface area contributed by atoms with E-state index in [1.807, 2.05) is 0 Å². The average molecular weight is 212 g/mol. The lowest BCUT2D eigenvalue weighted by atomic mass is 9.78. The van der Waals surface area contributed by atoms with Crippen LogP contribution in [0.1, 0.15) is 60.8 Å². The quantitative estimate of drug-likeness (QED) is 0.700. The third-order valence-electron chi connectivity index (χ3n) is 3.76. The van der Waals surface area contributed by atoms with Crippen LogP contribution in [0.2, 0.25) is 0 Å². The largest absolute Gasteiger partial charge is 0.393 e. The Morgan fingerprint density at radius 3 is 1.87 bits per heavy atom. The fourth-order valence-electron chi connectivity index (χ4n) is 2.82. The first-order valence-corrected chi connectivity index (χ1v) is 6.28. The Labute approximate surface area is 95.3 Å². The van der Waals surface area contributed by atoms with Crippen LogP contribution in [0.4, 0.5) is 0 Å². The van der Waals surface area contributed by atoms with Crippen molar-refractivity contribution in [3.8, 4) is 0 Å². The fraction of sp³-hybridized carbons (Fsp3) is 1.00. The first-order chi connectivity index (χ1) is 6.59. The molecular weight excluding hydrogens is 184 g/mol. The first-order valence-electron chi connectivity index (χ1n) is 6.28. The number of aliphatic hydroxyl groups is 1. The lowest BCUT2D eigenvalue weighted by Gasteiger charge is -2.28. The highest BCUT2D eigenvalue weighted by Gasteiger charge is 2.39. The molecule has 1 rings (SSSR count). The van der Waals surface area contributed by atoms with Crippen molar-refractivity contribution < 1.29 is 5.11 Å². The molecule has 90 valence electrons. The minimum Gasteiger partial charge on any atom is -0.393 e. The first kappa shape index (κ1) is 13.0. The average Bonchev–Trinajstić information content (AvgIpc) is 2.27. The van der Waals surface area contributed by atoms with Gasteiger partial charge in [-0.2, -0.15) is 0 Å². The lowest BCUT2D eigenvalue weighted by molar-refractivity contribution is 0.104. The summed E-state index contributed by atoms with van der Waals surface area (Å²) in [6.07, 6.45) is 3.31. The summed E-state index contributed by atoms with van der Waals surface area (Å²) in [4.78, 5) is 0. The Kier molecular flexibility index (Phi) is 3.55. The van der Waals surface area contributed by atoms with E-state index >= 15 is 0 Å². The zero-order valence-corrected chi connectivity index (χ0v) is 11.3. The number of aliphatic hydroxyl groups excluding tert-OH is 1. The van der Waals surface area contributed by atoms with Gasteiger partial charge in [0, 0.05) is 0 Å². The van der Waals surface area contributed by atoms with Gasteiger partial charge < -0.3 is 5.11 Å². The molecule has 3 atom stereocenters. The van der Waals surface area contributed by atoms with Crippen LogP contribution in [0, 0.1) is 22.7 Å². The van der Waals surface area contributed by atoms with E-state index in [4.69, 9.17) is 0 Å². The minimum atomic E-state index is -0.0616. The van der Waals surface area contributed by atoms with Crippen LogP contribution in [0.3, 0.4) is 0 Å². The van der Waals surface area contributed by atoms with E-state index < -0.39 is 0 Å². The molecular formula is C14H28O. The summed E-state index contributed by atoms with van der Waals surface area (Å²) in [6.45, 7) is 13.7. The van der Waals surface area contributed by atoms with Gasteiger partial charge in [-0.1, -0.05) is 41.5 Å². The zero-order chi connectivity index (χ0) is 11.9. The molecule has 0 aromatic rings. The molecule has 1 heteroatoms. The second kappa shape index (κ2) is 4.08. The molecule has 1 fully saturated rings. The summed E-state index contributed by atoms with van der Waals surface area (Å²) in [5.74, 6) is 1.22. The Balaban J connectivity index is 2.57. The second-order valence-electron chi connectivity index (χ2n) is 7.63. The summed E-state index contributed by atoms with van der Waals surface area (Å²) < 4.78 is 0. The van der Waals surface area contributed by atoms with Gasteiger partial charge in [0.1, 0.15) is 0 Å². The predicted molar refractivity (Wildman–Crippen MR) is 65.7 cm³/mol. The van der Waals surface area contributed by atoms with Crippen LogP contribution >= 0.6 is 0 Å². The van der Waals surface area contributed by atoms with Gasteiger partial charge in [-0.15, -0.1) is 0 Å². The molecule has 0 aromatic carbocycles. The van der Waals surface area contributed by atoms with E-state index in [2.05, 4.69) is 41.5 Å². The Morgan fingerprint density at radius 2 is 1.53 bits per heavy atom. The molecule has 0 heterocycles. The molecule has 1 aliphatic carbocycles. The molecule has 0 radical (unpaired) electrons. The molecule has 15 heavy (non-hydrogen) atoms. The number of hydrogen-bond acceptors (Lipinski definition) is 1. The van der Waals surface area contributed by atoms with Crippen LogP contribution in [-0.2, 0) is 0 Å². The van der Waals surface area contributed by atoms with Crippen molar-refractivity contribution in [1.29, 1.82) is 0 Å². The van der Waals surface area contributed by atoms with E-state index in [-0.39, 0.29) is 6.10 Å². The molecule has 1 unspecified atom stereocenters. The van der Waals surface area contributed by atoms with E-state index in [1.165, 1.54) is 6.42 Å². The maximum Gasteiger partial charge on any atom is 0.0571 e. The summed E-state index contributed by atoms with van der Waals surface area (Å²) in [6, 6.07) is 0. The van der Waals surface area contributed by atoms with Gasteiger partial charge in [-0.05, 0) is 41.9 Å². The topological polar surface area (TPSA) is 20.2 Å². The Bertz CT molecular complexity index is 206. The third kappa shape index (κ3) is 3.79. The van der Waals surface area contributed by atoms with Crippen molar-refractivity contribution in [2.24, 2.45) is 22.7 Å². The van der Waals surface area contributed by atoms with Gasteiger partial charge in [0.05, 0.1) is 6.10 Å². The van der Waals surface area contributed by atoms with E-state index in [0.29, 0.717) is 22.7 Å². The van der Waals surface area contributed by atoms with E-state index in [0.717, 1.165) is 12.8 Å². The molecule has 0 aliphatic heterocycles. The highest BCUT2D eigenvalue weighted by molar-refractivity contribution is 4.90. The van der Waals surface area contributed by atoms with Gasteiger partial charge in [0.25, 0.3) is 0 Å². The molecule has 0 amide bonds. The zero-order valence-electron chi connectivity index (χ0n) is 11.3. The molecule has 1 aliphatic rings. The standard InChI is InChI=1S/C14H28O/c1-13(2,3)9-10-7-11(8-12(10)15)14(4,5)6/h10-12,15H,7-9H2,1-6H3/t10-,11?,12+/m0/s1. The summed E-state index contributed by atoms with van der Waals surface area (Å²) >= 11 is 0. The minimum absolute atomic E-state index is 0.0616. The highest BCUT2D eigenvalue weighted by Crippen LogP contribution is 2.45. The van der Waals surface area contributed by atoms with Crippen molar-refractivity contribution in [2.45, 2.75) is 66.9 Å². The Morgan fingerprint density at radius 1 is 1.00 bits per heavy atom. The summed E-state index contributed by atoms with van der Waals surface area (Å²) in [5, 5.41) is 10.1. The van der Waals surface area contributed by atoms with E-state index in [1.54, 1.807) is 0 Å². The molecule has 0 bridgehead atoms. The predicted octanol–water partition coefficient (Wildman–Crippen LogP) is 3.86. The van der Waals surface area contributed by atoms with Gasteiger partial charge in [-0.3, -0.25) is 0 Å².